The average molecular weight is 709 g/mol. The Labute approximate surface area is 318 Å². The number of anilines is 3. The van der Waals surface area contributed by atoms with Gasteiger partial charge in [-0.1, -0.05) is 146 Å². The quantitative estimate of drug-likeness (QED) is 0.124. The van der Waals surface area contributed by atoms with Crippen LogP contribution in [0.2, 0.25) is 0 Å². The van der Waals surface area contributed by atoms with Crippen molar-refractivity contribution < 1.29 is 0 Å². The van der Waals surface area contributed by atoms with Crippen molar-refractivity contribution in [3.63, 3.8) is 0 Å². The van der Waals surface area contributed by atoms with Gasteiger partial charge in [-0.05, 0) is 73.9 Å². The van der Waals surface area contributed by atoms with Crippen LogP contribution < -0.4 is 22.5 Å². The summed E-state index contributed by atoms with van der Waals surface area (Å²) in [6.45, 7) is 8.24. The highest BCUT2D eigenvalue weighted by Crippen LogP contribution is 2.43. The Bertz CT molecular complexity index is 2510. The van der Waals surface area contributed by atoms with Crippen molar-refractivity contribution >= 4 is 49.9 Å². The van der Waals surface area contributed by atoms with Gasteiger partial charge in [-0.15, -0.1) is 0 Å². The zero-order chi connectivity index (χ0) is 37.9. The Balaban J connectivity index is 0.000000187. The third-order valence-electron chi connectivity index (χ3n) is 9.31. The maximum Gasteiger partial charge on any atom is 0.133 e. The first-order chi connectivity index (χ1) is 26.5. The molecule has 270 valence electrons. The van der Waals surface area contributed by atoms with E-state index < -0.39 is 0 Å². The minimum absolute atomic E-state index is 0.409. The monoisotopic (exact) mass is 708 g/mol. The van der Waals surface area contributed by atoms with E-state index in [1.165, 1.54) is 10.9 Å². The number of allylic oxidation sites excluding steroid dienone is 9. The summed E-state index contributed by atoms with van der Waals surface area (Å²) in [5.74, 6) is 0.673. The molecule has 0 radical (unpaired) electrons. The van der Waals surface area contributed by atoms with Crippen molar-refractivity contribution in [3.8, 4) is 5.69 Å². The maximum absolute atomic E-state index is 6.84. The molecule has 0 spiro atoms. The number of para-hydroxylation sites is 3. The van der Waals surface area contributed by atoms with Crippen molar-refractivity contribution in [3.05, 3.63) is 205 Å². The molecule has 0 amide bonds. The summed E-state index contributed by atoms with van der Waals surface area (Å²) >= 11 is 0. The fourth-order valence-electron chi connectivity index (χ4n) is 6.67. The third kappa shape index (κ3) is 7.99. The van der Waals surface area contributed by atoms with Crippen molar-refractivity contribution in [2.75, 3.05) is 11.1 Å². The number of fused-ring (bicyclic) bond motifs is 5. The van der Waals surface area contributed by atoms with Crippen LogP contribution in [0.4, 0.5) is 17.2 Å². The van der Waals surface area contributed by atoms with Gasteiger partial charge in [0.2, 0.25) is 0 Å². The minimum atomic E-state index is 0.409. The second-order valence-electron chi connectivity index (χ2n) is 12.8. The molecule has 0 saturated carbocycles. The van der Waals surface area contributed by atoms with Gasteiger partial charge in [-0.3, -0.25) is 4.57 Å². The largest absolute Gasteiger partial charge is 0.398 e. The predicted molar refractivity (Wildman–Crippen MR) is 233 cm³/mol. The fraction of sp³-hybridized carbons (Fsp3) is 0.0833. The summed E-state index contributed by atoms with van der Waals surface area (Å²) in [6.07, 6.45) is 16.8. The fourth-order valence-corrected chi connectivity index (χ4v) is 6.67. The number of nitrogens with one attached hydrogen (secondary N) is 1. The first-order valence-corrected chi connectivity index (χ1v) is 18.2. The molecule has 5 aromatic carbocycles. The third-order valence-corrected chi connectivity index (χ3v) is 9.31. The van der Waals surface area contributed by atoms with Crippen molar-refractivity contribution in [1.29, 1.82) is 0 Å². The highest BCUT2D eigenvalue weighted by atomic mass is 15.1. The van der Waals surface area contributed by atoms with Crippen LogP contribution >= 0.6 is 0 Å². The summed E-state index contributed by atoms with van der Waals surface area (Å²) < 4.78 is 4.31. The van der Waals surface area contributed by atoms with Gasteiger partial charge >= 0.3 is 0 Å². The standard InChI is InChI=1S/C27H23N5.C14H17N.C7H8/c28-17-31-22-14-8-7-13-20(22)24-23(31)16-15-21-25(30-18-9-3-1-4-10-18)27(29)32(26(21)24)19-11-5-2-6-12-19;1-3-5-9-12(4-2)14(15)13-10-7-6-8-11-13;1-7-5-3-2-4-6-7/h1-16,30H,17,28-29H2;3-10H,2,11,15H2,1H3;2-6H,1H3/b;5-3-,12-9+,14-13-;. The van der Waals surface area contributed by atoms with Gasteiger partial charge in [0.15, 0.2) is 0 Å². The van der Waals surface area contributed by atoms with Crippen LogP contribution in [0.15, 0.2) is 199 Å². The second-order valence-corrected chi connectivity index (χ2v) is 12.8. The Morgan fingerprint density at radius 3 is 2.07 bits per heavy atom. The van der Waals surface area contributed by atoms with Gasteiger partial charge in [0.05, 0.1) is 28.9 Å². The maximum atomic E-state index is 6.84. The van der Waals surface area contributed by atoms with E-state index in [2.05, 4.69) is 94.7 Å². The van der Waals surface area contributed by atoms with Crippen molar-refractivity contribution in [2.24, 2.45) is 11.5 Å². The predicted octanol–water partition coefficient (Wildman–Crippen LogP) is 11.4. The highest BCUT2D eigenvalue weighted by Gasteiger charge is 2.22. The number of aryl methyl sites for hydroxylation is 1. The first-order valence-electron chi connectivity index (χ1n) is 18.2. The van der Waals surface area contributed by atoms with E-state index >= 15 is 0 Å². The number of nitrogen functional groups attached to an aromatic ring is 1. The molecule has 6 heteroatoms. The SMILES string of the molecule is C=CC(=C\C=C/C)/C(N)=C1\C=CC=CC1.Cc1ccccc1.NCn1c2ccccc2c2c3c(ccc21)c(Nc1ccccc1)c(N)n3-c1ccccc1. The second kappa shape index (κ2) is 17.6. The molecule has 1 aliphatic carbocycles. The Morgan fingerprint density at radius 2 is 1.46 bits per heavy atom. The van der Waals surface area contributed by atoms with Crippen LogP contribution in [0.25, 0.3) is 38.4 Å². The topological polar surface area (TPSA) is 99.9 Å². The number of rotatable bonds is 7. The normalized spacial score (nSPS) is 13.4. The van der Waals surface area contributed by atoms with E-state index in [-0.39, 0.29) is 0 Å². The number of hydrogen-bond acceptors (Lipinski definition) is 4. The molecule has 2 aromatic heterocycles. The van der Waals surface area contributed by atoms with E-state index in [0.29, 0.717) is 12.5 Å². The number of nitrogens with zero attached hydrogens (tertiary/aromatic N) is 2. The van der Waals surface area contributed by atoms with E-state index in [9.17, 15) is 0 Å². The molecule has 0 fully saturated rings. The van der Waals surface area contributed by atoms with Crippen LogP contribution in [-0.4, -0.2) is 9.13 Å². The average Bonchev–Trinajstić information content (AvgIpc) is 3.70. The molecule has 2 heterocycles. The molecule has 54 heavy (non-hydrogen) atoms. The van der Waals surface area contributed by atoms with Gasteiger partial charge in [-0.2, -0.15) is 0 Å². The molecule has 0 bridgehead atoms. The van der Waals surface area contributed by atoms with Gasteiger partial charge in [0, 0.05) is 33.2 Å². The van der Waals surface area contributed by atoms with Crippen molar-refractivity contribution in [2.45, 2.75) is 26.9 Å². The summed E-state index contributed by atoms with van der Waals surface area (Å²) in [7, 11) is 0. The lowest BCUT2D eigenvalue weighted by Crippen LogP contribution is -2.06. The highest BCUT2D eigenvalue weighted by molar-refractivity contribution is 6.23. The molecular formula is C48H48N6. The molecule has 0 saturated heterocycles. The van der Waals surface area contributed by atoms with Gasteiger partial charge in [0.1, 0.15) is 5.82 Å². The molecule has 8 rings (SSSR count). The molecule has 0 atom stereocenters. The summed E-state index contributed by atoms with van der Waals surface area (Å²) in [5.41, 5.74) is 29.6. The Kier molecular flexibility index (Phi) is 12.1. The Hall–Kier alpha value is -6.76. The van der Waals surface area contributed by atoms with Crippen LogP contribution in [0.3, 0.4) is 0 Å². The van der Waals surface area contributed by atoms with Gasteiger partial charge in [-0.25, -0.2) is 0 Å². The molecule has 1 aliphatic rings. The zero-order valence-electron chi connectivity index (χ0n) is 31.0. The zero-order valence-corrected chi connectivity index (χ0v) is 31.0. The minimum Gasteiger partial charge on any atom is -0.398 e. The van der Waals surface area contributed by atoms with Crippen LogP contribution in [-0.2, 0) is 6.67 Å². The number of hydrogen-bond donors (Lipinski definition) is 4. The lowest BCUT2D eigenvalue weighted by molar-refractivity contribution is 0.791. The van der Waals surface area contributed by atoms with Gasteiger partial charge < -0.3 is 27.1 Å². The first kappa shape index (κ1) is 37.0. The summed E-state index contributed by atoms with van der Waals surface area (Å²) in [4.78, 5) is 0. The molecule has 7 N–H and O–H groups in total. The molecule has 6 nitrogen and oxygen atoms in total. The van der Waals surface area contributed by atoms with Crippen LogP contribution in [0.5, 0.6) is 0 Å². The molecule has 7 aromatic rings. The number of benzene rings is 5. The van der Waals surface area contributed by atoms with Crippen LogP contribution in [0.1, 0.15) is 18.9 Å². The molecule has 0 aliphatic heterocycles. The van der Waals surface area contributed by atoms with E-state index in [0.717, 1.165) is 67.6 Å². The van der Waals surface area contributed by atoms with E-state index in [4.69, 9.17) is 17.2 Å². The van der Waals surface area contributed by atoms with Gasteiger partial charge in [0.25, 0.3) is 0 Å². The van der Waals surface area contributed by atoms with Crippen LogP contribution in [0, 0.1) is 6.92 Å². The lowest BCUT2D eigenvalue weighted by Gasteiger charge is -2.10. The smallest absolute Gasteiger partial charge is 0.133 e. The summed E-state index contributed by atoms with van der Waals surface area (Å²) in [5, 5.41) is 6.95. The van der Waals surface area contributed by atoms with E-state index in [1.54, 1.807) is 6.08 Å². The summed E-state index contributed by atoms with van der Waals surface area (Å²) in [6, 6.07) is 43.4. The molecular weight excluding hydrogens is 661 g/mol. The Morgan fingerprint density at radius 1 is 0.796 bits per heavy atom. The number of nitrogens with two attached hydrogens (primary N) is 3. The molecule has 0 unspecified atom stereocenters. The van der Waals surface area contributed by atoms with E-state index in [1.807, 2.05) is 110 Å². The number of aromatic nitrogens is 2. The lowest BCUT2D eigenvalue weighted by atomic mass is 10.0. The van der Waals surface area contributed by atoms with Crippen molar-refractivity contribution in [1.82, 2.24) is 9.13 Å².